The van der Waals surface area contributed by atoms with Crippen LogP contribution in [-0.2, 0) is 9.59 Å². The summed E-state index contributed by atoms with van der Waals surface area (Å²) in [6.07, 6.45) is 6.27. The molecular weight excluding hydrogens is 276 g/mol. The van der Waals surface area contributed by atoms with Crippen molar-refractivity contribution >= 4 is 11.8 Å². The summed E-state index contributed by atoms with van der Waals surface area (Å²) in [4.78, 5) is 26.6. The fraction of sp³-hybridized carbons (Fsp3) is 0.889. The number of hydrogen-bond acceptors (Lipinski definition) is 2. The molecule has 124 valence electrons. The molecule has 0 spiro atoms. The second kappa shape index (κ2) is 6.21. The standard InChI is InChI=1S/C18H30N2O2/c1-11(2)20-16-8-12(3)15(14(16)9-17(20)21)10-19-18(22)13-6-4-5-7-13/h11-16H,4-10H2,1-3H3,(H,19,22)/t12-,14-,15+,16+/m0/s1. The van der Waals surface area contributed by atoms with Gasteiger partial charge in [-0.2, -0.15) is 0 Å². The van der Waals surface area contributed by atoms with Gasteiger partial charge >= 0.3 is 0 Å². The summed E-state index contributed by atoms with van der Waals surface area (Å²) < 4.78 is 0. The summed E-state index contributed by atoms with van der Waals surface area (Å²) in [5.41, 5.74) is 0. The van der Waals surface area contributed by atoms with E-state index < -0.39 is 0 Å². The SMILES string of the molecule is CC(C)N1C(=O)C[C@H]2[C@H](CNC(=O)C3CCCC3)[C@@H](C)C[C@H]21. The lowest BCUT2D eigenvalue weighted by molar-refractivity contribution is -0.130. The maximum Gasteiger partial charge on any atom is 0.223 e. The van der Waals surface area contributed by atoms with Crippen LogP contribution in [0.25, 0.3) is 0 Å². The molecule has 3 fully saturated rings. The van der Waals surface area contributed by atoms with E-state index in [0.29, 0.717) is 42.2 Å². The van der Waals surface area contributed by atoms with Gasteiger partial charge in [-0.05, 0) is 50.9 Å². The lowest BCUT2D eigenvalue weighted by atomic mass is 9.88. The first-order chi connectivity index (χ1) is 10.5. The maximum absolute atomic E-state index is 12.3. The van der Waals surface area contributed by atoms with Gasteiger partial charge in [-0.3, -0.25) is 9.59 Å². The summed E-state index contributed by atoms with van der Waals surface area (Å²) >= 11 is 0. The van der Waals surface area contributed by atoms with Gasteiger partial charge < -0.3 is 10.2 Å². The smallest absolute Gasteiger partial charge is 0.223 e. The van der Waals surface area contributed by atoms with Crippen LogP contribution in [0.15, 0.2) is 0 Å². The van der Waals surface area contributed by atoms with Crippen LogP contribution in [0.1, 0.15) is 59.3 Å². The number of carbonyl (C=O) groups is 2. The molecular formula is C18H30N2O2. The molecule has 1 saturated heterocycles. The molecule has 0 aromatic carbocycles. The van der Waals surface area contributed by atoms with E-state index in [4.69, 9.17) is 0 Å². The van der Waals surface area contributed by atoms with Crippen molar-refractivity contribution in [3.63, 3.8) is 0 Å². The predicted molar refractivity (Wildman–Crippen MR) is 86.1 cm³/mol. The number of nitrogens with one attached hydrogen (secondary N) is 1. The molecule has 0 radical (unpaired) electrons. The third kappa shape index (κ3) is 2.77. The Hall–Kier alpha value is -1.06. The van der Waals surface area contributed by atoms with E-state index in [1.807, 2.05) is 0 Å². The van der Waals surface area contributed by atoms with Crippen LogP contribution >= 0.6 is 0 Å². The van der Waals surface area contributed by atoms with E-state index in [1.54, 1.807) is 0 Å². The average molecular weight is 306 g/mol. The fourth-order valence-corrected chi connectivity index (χ4v) is 5.11. The van der Waals surface area contributed by atoms with Crippen LogP contribution in [0.2, 0.25) is 0 Å². The number of amides is 2. The molecule has 0 aromatic rings. The Morgan fingerprint density at radius 1 is 1.32 bits per heavy atom. The third-order valence-electron chi connectivity index (χ3n) is 6.24. The maximum atomic E-state index is 12.3. The minimum absolute atomic E-state index is 0.241. The van der Waals surface area contributed by atoms with Crippen LogP contribution in [-0.4, -0.2) is 35.3 Å². The first-order valence-electron chi connectivity index (χ1n) is 9.08. The van der Waals surface area contributed by atoms with Crippen LogP contribution in [0.5, 0.6) is 0 Å². The van der Waals surface area contributed by atoms with E-state index in [9.17, 15) is 9.59 Å². The molecule has 2 amide bonds. The van der Waals surface area contributed by atoms with Gasteiger partial charge in [0.1, 0.15) is 0 Å². The summed E-state index contributed by atoms with van der Waals surface area (Å²) in [5, 5.41) is 3.20. The van der Waals surface area contributed by atoms with Gasteiger partial charge in [0.25, 0.3) is 0 Å². The number of hydrogen-bond donors (Lipinski definition) is 1. The van der Waals surface area contributed by atoms with Crippen molar-refractivity contribution in [2.45, 2.75) is 71.4 Å². The summed E-state index contributed by atoms with van der Waals surface area (Å²) in [6.45, 7) is 7.27. The molecule has 22 heavy (non-hydrogen) atoms. The van der Waals surface area contributed by atoms with Crippen LogP contribution in [0.4, 0.5) is 0 Å². The molecule has 4 heteroatoms. The monoisotopic (exact) mass is 306 g/mol. The lowest BCUT2D eigenvalue weighted by Gasteiger charge is -2.28. The average Bonchev–Trinajstić information content (AvgIpc) is 3.12. The third-order valence-corrected chi connectivity index (χ3v) is 6.24. The van der Waals surface area contributed by atoms with Gasteiger partial charge in [-0.15, -0.1) is 0 Å². The predicted octanol–water partition coefficient (Wildman–Crippen LogP) is 2.57. The highest BCUT2D eigenvalue weighted by atomic mass is 16.2. The zero-order valence-electron chi connectivity index (χ0n) is 14.2. The second-order valence-electron chi connectivity index (χ2n) is 7.93. The van der Waals surface area contributed by atoms with Gasteiger partial charge in [-0.1, -0.05) is 19.8 Å². The van der Waals surface area contributed by atoms with E-state index in [1.165, 1.54) is 12.8 Å². The zero-order valence-corrected chi connectivity index (χ0v) is 14.2. The topological polar surface area (TPSA) is 49.4 Å². The Bertz CT molecular complexity index is 442. The summed E-state index contributed by atoms with van der Waals surface area (Å²) in [5.74, 6) is 2.29. The van der Waals surface area contributed by atoms with Crippen molar-refractivity contribution in [1.29, 1.82) is 0 Å². The highest BCUT2D eigenvalue weighted by Gasteiger charge is 2.51. The van der Waals surface area contributed by atoms with Crippen LogP contribution < -0.4 is 5.32 Å². The van der Waals surface area contributed by atoms with Gasteiger partial charge in [-0.25, -0.2) is 0 Å². The second-order valence-corrected chi connectivity index (χ2v) is 7.93. The molecule has 4 atom stereocenters. The largest absolute Gasteiger partial charge is 0.356 e. The lowest BCUT2D eigenvalue weighted by Crippen LogP contribution is -2.39. The van der Waals surface area contributed by atoms with Crippen LogP contribution in [0, 0.1) is 23.7 Å². The molecule has 1 aliphatic heterocycles. The number of rotatable bonds is 4. The van der Waals surface area contributed by atoms with E-state index >= 15 is 0 Å². The number of fused-ring (bicyclic) bond motifs is 1. The number of likely N-dealkylation sites (tertiary alicyclic amines) is 1. The highest BCUT2D eigenvalue weighted by Crippen LogP contribution is 2.46. The Kier molecular flexibility index (Phi) is 4.47. The van der Waals surface area contributed by atoms with Gasteiger partial charge in [0, 0.05) is 31.0 Å². The van der Waals surface area contributed by atoms with E-state index in [-0.39, 0.29) is 11.8 Å². The first kappa shape index (κ1) is 15.8. The van der Waals surface area contributed by atoms with Crippen molar-refractivity contribution in [1.82, 2.24) is 10.2 Å². The van der Waals surface area contributed by atoms with Gasteiger partial charge in [0.2, 0.25) is 11.8 Å². The Morgan fingerprint density at radius 3 is 2.64 bits per heavy atom. The Labute approximate surface area is 134 Å². The summed E-state index contributed by atoms with van der Waals surface area (Å²) in [6, 6.07) is 0.692. The number of carbonyl (C=O) groups excluding carboxylic acids is 2. The van der Waals surface area contributed by atoms with E-state index in [2.05, 4.69) is 31.0 Å². The number of nitrogens with zero attached hydrogens (tertiary/aromatic N) is 1. The van der Waals surface area contributed by atoms with Crippen molar-refractivity contribution in [2.75, 3.05) is 6.54 Å². The Morgan fingerprint density at radius 2 is 2.00 bits per heavy atom. The van der Waals surface area contributed by atoms with Crippen molar-refractivity contribution in [2.24, 2.45) is 23.7 Å². The molecule has 0 aromatic heterocycles. The Balaban J connectivity index is 1.60. The molecule has 3 rings (SSSR count). The molecule has 4 nitrogen and oxygen atoms in total. The first-order valence-corrected chi connectivity index (χ1v) is 9.08. The van der Waals surface area contributed by atoms with Gasteiger partial charge in [0.05, 0.1) is 0 Å². The molecule has 3 aliphatic rings. The quantitative estimate of drug-likeness (QED) is 0.868. The molecule has 1 N–H and O–H groups in total. The van der Waals surface area contributed by atoms with Crippen molar-refractivity contribution in [3.05, 3.63) is 0 Å². The highest BCUT2D eigenvalue weighted by molar-refractivity contribution is 5.80. The van der Waals surface area contributed by atoms with Crippen LogP contribution in [0.3, 0.4) is 0 Å². The molecule has 0 bridgehead atoms. The minimum Gasteiger partial charge on any atom is -0.356 e. The normalized spacial score (nSPS) is 35.5. The molecule has 2 saturated carbocycles. The minimum atomic E-state index is 0.241. The fourth-order valence-electron chi connectivity index (χ4n) is 5.11. The van der Waals surface area contributed by atoms with Crippen molar-refractivity contribution < 1.29 is 9.59 Å². The van der Waals surface area contributed by atoms with Gasteiger partial charge in [0.15, 0.2) is 0 Å². The zero-order chi connectivity index (χ0) is 15.9. The summed E-state index contributed by atoms with van der Waals surface area (Å²) in [7, 11) is 0. The molecule has 2 aliphatic carbocycles. The van der Waals surface area contributed by atoms with E-state index in [0.717, 1.165) is 25.8 Å². The molecule has 1 heterocycles. The molecule has 0 unspecified atom stereocenters. The van der Waals surface area contributed by atoms with Crippen molar-refractivity contribution in [3.8, 4) is 0 Å².